The fourth-order valence-corrected chi connectivity index (χ4v) is 3.28. The topological polar surface area (TPSA) is 60.7 Å². The average Bonchev–Trinajstić information content (AvgIpc) is 2.88. The molecule has 3 rings (SSSR count). The Hall–Kier alpha value is -1.06. The van der Waals surface area contributed by atoms with E-state index in [9.17, 15) is 4.79 Å². The highest BCUT2D eigenvalue weighted by molar-refractivity contribution is 14.1. The number of rotatable bonds is 2. The van der Waals surface area contributed by atoms with Gasteiger partial charge in [0.15, 0.2) is 5.82 Å². The summed E-state index contributed by atoms with van der Waals surface area (Å²) in [6.45, 7) is 2.06. The minimum absolute atomic E-state index is 0.0934. The first kappa shape index (κ1) is 13.9. The lowest BCUT2D eigenvalue weighted by Gasteiger charge is -2.06. The largest absolute Gasteiger partial charge is 0.291 e. The number of nitrogens with zero attached hydrogens (tertiary/aromatic N) is 4. The van der Waals surface area contributed by atoms with Gasteiger partial charge in [0.25, 0.3) is 5.56 Å². The van der Waals surface area contributed by atoms with E-state index in [2.05, 4.69) is 15.0 Å². The maximum absolute atomic E-state index is 12.1. The van der Waals surface area contributed by atoms with Crippen LogP contribution in [0.25, 0.3) is 10.2 Å². The van der Waals surface area contributed by atoms with Crippen LogP contribution in [0.1, 0.15) is 11.5 Å². The van der Waals surface area contributed by atoms with E-state index < -0.39 is 0 Å². The second-order valence-corrected chi connectivity index (χ2v) is 6.48. The quantitative estimate of drug-likeness (QED) is 0.474. The lowest BCUT2D eigenvalue weighted by atomic mass is 10.4. The number of aromatic nitrogens is 4. The van der Waals surface area contributed by atoms with Crippen LogP contribution in [0.5, 0.6) is 0 Å². The van der Waals surface area contributed by atoms with Crippen LogP contribution >= 0.6 is 45.5 Å². The van der Waals surface area contributed by atoms with Gasteiger partial charge < -0.3 is 0 Å². The van der Waals surface area contributed by atoms with Crippen molar-refractivity contribution in [3.05, 3.63) is 48.4 Å². The molecule has 0 amide bonds. The lowest BCUT2D eigenvalue weighted by molar-refractivity contribution is 0.692. The third kappa shape index (κ3) is 2.45. The van der Waals surface area contributed by atoms with Crippen LogP contribution in [0.2, 0.25) is 5.15 Å². The van der Waals surface area contributed by atoms with Gasteiger partial charge in [-0.1, -0.05) is 11.6 Å². The van der Waals surface area contributed by atoms with Gasteiger partial charge in [0, 0.05) is 5.39 Å². The molecule has 0 aliphatic carbocycles. The average molecular weight is 419 g/mol. The maximum Gasteiger partial charge on any atom is 0.267 e. The highest BCUT2D eigenvalue weighted by atomic mass is 127. The molecule has 8 heteroatoms. The molecule has 0 saturated carbocycles. The first-order valence-corrected chi connectivity index (χ1v) is 8.01. The van der Waals surface area contributed by atoms with Crippen molar-refractivity contribution in [1.82, 2.24) is 19.5 Å². The van der Waals surface area contributed by atoms with E-state index in [1.54, 1.807) is 6.92 Å². The summed E-state index contributed by atoms with van der Waals surface area (Å²) in [7, 11) is 0. The first-order valence-electron chi connectivity index (χ1n) is 5.67. The van der Waals surface area contributed by atoms with Crippen molar-refractivity contribution in [2.45, 2.75) is 13.5 Å². The van der Waals surface area contributed by atoms with Crippen LogP contribution in [0, 0.1) is 10.5 Å². The van der Waals surface area contributed by atoms with Gasteiger partial charge in [0.05, 0.1) is 22.1 Å². The van der Waals surface area contributed by atoms with Crippen LogP contribution in [0.4, 0.5) is 0 Å². The van der Waals surface area contributed by atoms with Crippen LogP contribution < -0.4 is 5.56 Å². The van der Waals surface area contributed by atoms with E-state index in [0.29, 0.717) is 14.5 Å². The molecule has 0 atom stereocenters. The zero-order valence-corrected chi connectivity index (χ0v) is 14.0. The molecule has 0 aromatic carbocycles. The van der Waals surface area contributed by atoms with Crippen molar-refractivity contribution in [3.63, 3.8) is 0 Å². The standard InChI is InChI=1S/C12H8ClIN4OS/c1-6-9(14)12(19)18(5-15-6)4-8-16-10(13)7-2-3-20-11(7)17-8/h2-3,5H,4H2,1H3. The Balaban J connectivity index is 2.05. The molecule has 3 aromatic rings. The van der Waals surface area contributed by atoms with Crippen molar-refractivity contribution < 1.29 is 0 Å². The number of thiophene rings is 1. The number of halogens is 2. The molecular formula is C12H8ClIN4OS. The fourth-order valence-electron chi connectivity index (χ4n) is 1.74. The Morgan fingerprint density at radius 1 is 1.45 bits per heavy atom. The van der Waals surface area contributed by atoms with Gasteiger partial charge in [-0.05, 0) is 41.0 Å². The monoisotopic (exact) mass is 418 g/mol. The van der Waals surface area contributed by atoms with Crippen LogP contribution in [-0.2, 0) is 6.54 Å². The highest BCUT2D eigenvalue weighted by Crippen LogP contribution is 2.24. The zero-order valence-electron chi connectivity index (χ0n) is 10.3. The van der Waals surface area contributed by atoms with E-state index in [4.69, 9.17) is 11.6 Å². The summed E-state index contributed by atoms with van der Waals surface area (Å²) in [6, 6.07) is 1.88. The number of hydrogen-bond donors (Lipinski definition) is 0. The molecule has 0 saturated heterocycles. The predicted octanol–water partition coefficient (Wildman–Crippen LogP) is 2.86. The van der Waals surface area contributed by atoms with Crippen molar-refractivity contribution in [3.8, 4) is 0 Å². The number of hydrogen-bond acceptors (Lipinski definition) is 5. The smallest absolute Gasteiger partial charge is 0.267 e. The summed E-state index contributed by atoms with van der Waals surface area (Å²) in [6.07, 6.45) is 1.51. The predicted molar refractivity (Wildman–Crippen MR) is 87.5 cm³/mol. The summed E-state index contributed by atoms with van der Waals surface area (Å²) in [5, 5.41) is 3.16. The van der Waals surface area contributed by atoms with Crippen molar-refractivity contribution in [1.29, 1.82) is 0 Å². The SMILES string of the molecule is Cc1ncn(Cc2nc(Cl)c3ccsc3n2)c(=O)c1I. The van der Waals surface area contributed by atoms with Crippen molar-refractivity contribution in [2.75, 3.05) is 0 Å². The van der Waals surface area contributed by atoms with Crippen molar-refractivity contribution >= 4 is 55.7 Å². The molecule has 0 fully saturated rings. The molecule has 102 valence electrons. The fraction of sp³-hybridized carbons (Fsp3) is 0.167. The number of fused-ring (bicyclic) bond motifs is 1. The Morgan fingerprint density at radius 2 is 2.25 bits per heavy atom. The third-order valence-electron chi connectivity index (χ3n) is 2.79. The summed E-state index contributed by atoms with van der Waals surface area (Å²) >= 11 is 9.61. The molecular weight excluding hydrogens is 411 g/mol. The Morgan fingerprint density at radius 3 is 3.05 bits per heavy atom. The molecule has 0 aliphatic heterocycles. The van der Waals surface area contributed by atoms with Crippen LogP contribution in [0.15, 0.2) is 22.6 Å². The molecule has 5 nitrogen and oxygen atoms in total. The maximum atomic E-state index is 12.1. The van der Waals surface area contributed by atoms with E-state index >= 15 is 0 Å². The minimum atomic E-state index is -0.0934. The molecule has 0 bridgehead atoms. The van der Waals surface area contributed by atoms with Gasteiger partial charge >= 0.3 is 0 Å². The third-order valence-corrected chi connectivity index (χ3v) is 5.13. The van der Waals surface area contributed by atoms with Gasteiger partial charge in [-0.3, -0.25) is 9.36 Å². The number of aryl methyl sites for hydroxylation is 1. The van der Waals surface area contributed by atoms with Gasteiger partial charge in [0.1, 0.15) is 9.98 Å². The molecule has 0 radical (unpaired) electrons. The van der Waals surface area contributed by atoms with Crippen molar-refractivity contribution in [2.24, 2.45) is 0 Å². The Labute approximate surface area is 136 Å². The second-order valence-electron chi connectivity index (χ2n) is 4.15. The van der Waals surface area contributed by atoms with Gasteiger partial charge in [-0.15, -0.1) is 11.3 Å². The zero-order chi connectivity index (χ0) is 14.3. The normalized spacial score (nSPS) is 11.2. The van der Waals surface area contributed by atoms with E-state index in [0.717, 1.165) is 15.9 Å². The van der Waals surface area contributed by atoms with Crippen LogP contribution in [-0.4, -0.2) is 19.5 Å². The Kier molecular flexibility index (Phi) is 3.74. The van der Waals surface area contributed by atoms with Gasteiger partial charge in [0.2, 0.25) is 0 Å². The first-order chi connectivity index (χ1) is 9.56. The molecule has 0 N–H and O–H groups in total. The van der Waals surface area contributed by atoms with E-state index in [-0.39, 0.29) is 12.1 Å². The molecule has 0 spiro atoms. The summed E-state index contributed by atoms with van der Waals surface area (Å²) < 4.78 is 2.09. The van der Waals surface area contributed by atoms with Gasteiger partial charge in [-0.2, -0.15) is 0 Å². The van der Waals surface area contributed by atoms with E-state index in [1.165, 1.54) is 22.2 Å². The molecule has 0 aliphatic rings. The minimum Gasteiger partial charge on any atom is -0.291 e. The lowest BCUT2D eigenvalue weighted by Crippen LogP contribution is -2.25. The molecule has 0 unspecified atom stereocenters. The molecule has 3 heterocycles. The summed E-state index contributed by atoms with van der Waals surface area (Å²) in [4.78, 5) is 25.8. The van der Waals surface area contributed by atoms with Crippen LogP contribution in [0.3, 0.4) is 0 Å². The second kappa shape index (κ2) is 5.38. The molecule has 3 aromatic heterocycles. The highest BCUT2D eigenvalue weighted by Gasteiger charge is 2.10. The molecule has 20 heavy (non-hydrogen) atoms. The summed E-state index contributed by atoms with van der Waals surface area (Å²) in [5.74, 6) is 0.508. The van der Waals surface area contributed by atoms with Gasteiger partial charge in [-0.25, -0.2) is 15.0 Å². The van der Waals surface area contributed by atoms with E-state index in [1.807, 2.05) is 34.0 Å². The summed E-state index contributed by atoms with van der Waals surface area (Å²) in [5.41, 5.74) is 0.628. The Bertz CT molecular complexity index is 860.